The zero-order valence-electron chi connectivity index (χ0n) is 11.9. The van der Waals surface area contributed by atoms with Crippen LogP contribution >= 0.6 is 0 Å². The summed E-state index contributed by atoms with van der Waals surface area (Å²) >= 11 is 0. The first-order valence-corrected chi connectivity index (χ1v) is 7.30. The number of nitrogens with one attached hydrogen (secondary N) is 1. The number of hydrogen-bond donors (Lipinski definition) is 1. The van der Waals surface area contributed by atoms with Crippen LogP contribution in [0.5, 0.6) is 5.75 Å². The maximum absolute atomic E-state index is 5.19. The Hall–Kier alpha value is -1.96. The number of fused-ring (bicyclic) bond motifs is 1. The summed E-state index contributed by atoms with van der Waals surface area (Å²) in [4.78, 5) is 0. The summed E-state index contributed by atoms with van der Waals surface area (Å²) in [5, 5.41) is 3.55. The predicted octanol–water partition coefficient (Wildman–Crippen LogP) is 3.91. The monoisotopic (exact) mass is 267 g/mol. The number of benzene rings is 2. The normalized spacial score (nSPS) is 17.1. The summed E-state index contributed by atoms with van der Waals surface area (Å²) in [5.41, 5.74) is 4.16. The summed E-state index contributed by atoms with van der Waals surface area (Å²) < 4.78 is 5.19. The van der Waals surface area contributed by atoms with Gasteiger partial charge in [0.05, 0.1) is 7.11 Å². The Bertz CT molecular complexity index is 562. The Morgan fingerprint density at radius 2 is 1.90 bits per heavy atom. The molecule has 1 aliphatic rings. The van der Waals surface area contributed by atoms with Crippen LogP contribution in [0.3, 0.4) is 0 Å². The summed E-state index contributed by atoms with van der Waals surface area (Å²) in [6.07, 6.45) is 3.56. The maximum Gasteiger partial charge on any atom is 0.118 e. The zero-order chi connectivity index (χ0) is 13.8. The fourth-order valence-electron chi connectivity index (χ4n) is 2.88. The molecule has 0 aliphatic carbocycles. The van der Waals surface area contributed by atoms with Crippen molar-refractivity contribution in [3.8, 4) is 5.75 Å². The van der Waals surface area contributed by atoms with E-state index in [9.17, 15) is 0 Å². The van der Waals surface area contributed by atoms with E-state index in [0.29, 0.717) is 0 Å². The average molecular weight is 267 g/mol. The minimum Gasteiger partial charge on any atom is -0.497 e. The fourth-order valence-corrected chi connectivity index (χ4v) is 2.88. The van der Waals surface area contributed by atoms with E-state index in [1.165, 1.54) is 29.7 Å². The lowest BCUT2D eigenvalue weighted by molar-refractivity contribution is 0.414. The van der Waals surface area contributed by atoms with Gasteiger partial charge in [0.25, 0.3) is 0 Å². The summed E-state index contributed by atoms with van der Waals surface area (Å²) in [7, 11) is 1.71. The third-order valence-electron chi connectivity index (χ3n) is 4.11. The van der Waals surface area contributed by atoms with Gasteiger partial charge in [-0.2, -0.15) is 0 Å². The highest BCUT2D eigenvalue weighted by atomic mass is 16.5. The van der Waals surface area contributed by atoms with Gasteiger partial charge in [-0.05, 0) is 54.5 Å². The molecule has 1 atom stereocenters. The molecule has 1 heterocycles. The lowest BCUT2D eigenvalue weighted by atomic mass is 9.89. The first-order valence-electron chi connectivity index (χ1n) is 7.30. The van der Waals surface area contributed by atoms with Crippen LogP contribution < -0.4 is 10.1 Å². The van der Waals surface area contributed by atoms with Crippen LogP contribution in [0, 0.1) is 5.92 Å². The molecule has 20 heavy (non-hydrogen) atoms. The van der Waals surface area contributed by atoms with Crippen molar-refractivity contribution in [2.75, 3.05) is 19.0 Å². The lowest BCUT2D eigenvalue weighted by Gasteiger charge is -2.26. The molecule has 0 aromatic heterocycles. The number of rotatable bonds is 4. The Kier molecular flexibility index (Phi) is 3.91. The van der Waals surface area contributed by atoms with Gasteiger partial charge in [-0.25, -0.2) is 0 Å². The maximum atomic E-state index is 5.19. The number of methoxy groups -OCH3 is 1. The van der Waals surface area contributed by atoms with Gasteiger partial charge in [0.15, 0.2) is 0 Å². The van der Waals surface area contributed by atoms with Gasteiger partial charge in [0.1, 0.15) is 5.75 Å². The van der Waals surface area contributed by atoms with E-state index < -0.39 is 0 Å². The van der Waals surface area contributed by atoms with Gasteiger partial charge in [0.2, 0.25) is 0 Å². The molecule has 1 aliphatic heterocycles. The van der Waals surface area contributed by atoms with Crippen LogP contribution in [-0.2, 0) is 12.8 Å². The van der Waals surface area contributed by atoms with Crippen LogP contribution in [0.4, 0.5) is 5.69 Å². The molecule has 1 N–H and O–H groups in total. The van der Waals surface area contributed by atoms with Crippen molar-refractivity contribution in [2.24, 2.45) is 5.92 Å². The van der Waals surface area contributed by atoms with E-state index in [4.69, 9.17) is 4.74 Å². The van der Waals surface area contributed by atoms with Crippen molar-refractivity contribution in [3.63, 3.8) is 0 Å². The molecule has 0 radical (unpaired) electrons. The molecule has 2 heteroatoms. The van der Waals surface area contributed by atoms with E-state index in [2.05, 4.69) is 41.7 Å². The predicted molar refractivity (Wildman–Crippen MR) is 83.4 cm³/mol. The van der Waals surface area contributed by atoms with Gasteiger partial charge in [0, 0.05) is 12.2 Å². The minimum atomic E-state index is 0.729. The molecule has 104 valence electrons. The lowest BCUT2D eigenvalue weighted by Crippen LogP contribution is -2.23. The Balaban J connectivity index is 1.57. The van der Waals surface area contributed by atoms with E-state index >= 15 is 0 Å². The average Bonchev–Trinajstić information content (AvgIpc) is 2.53. The minimum absolute atomic E-state index is 0.729. The Morgan fingerprint density at radius 3 is 2.70 bits per heavy atom. The number of para-hydroxylation sites is 1. The molecule has 0 amide bonds. The Morgan fingerprint density at radius 1 is 1.10 bits per heavy atom. The number of ether oxygens (including phenoxy) is 1. The van der Waals surface area contributed by atoms with Gasteiger partial charge in [-0.15, -0.1) is 0 Å². The Labute approximate surface area is 120 Å². The van der Waals surface area contributed by atoms with Gasteiger partial charge >= 0.3 is 0 Å². The highest BCUT2D eigenvalue weighted by Gasteiger charge is 2.17. The molecule has 0 spiro atoms. The van der Waals surface area contributed by atoms with Crippen LogP contribution in [0.2, 0.25) is 0 Å². The molecule has 1 unspecified atom stereocenters. The highest BCUT2D eigenvalue weighted by molar-refractivity contribution is 5.53. The second-order valence-corrected chi connectivity index (χ2v) is 5.49. The molecule has 2 aromatic rings. The second-order valence-electron chi connectivity index (χ2n) is 5.49. The van der Waals surface area contributed by atoms with Crippen LogP contribution in [-0.4, -0.2) is 13.7 Å². The topological polar surface area (TPSA) is 21.3 Å². The van der Waals surface area contributed by atoms with E-state index in [1.807, 2.05) is 12.1 Å². The number of hydrogen-bond acceptors (Lipinski definition) is 2. The van der Waals surface area contributed by atoms with Crippen molar-refractivity contribution >= 4 is 5.69 Å². The number of anilines is 1. The first kappa shape index (κ1) is 13.0. The van der Waals surface area contributed by atoms with E-state index in [1.54, 1.807) is 7.11 Å². The van der Waals surface area contributed by atoms with Crippen LogP contribution in [0.1, 0.15) is 17.5 Å². The van der Waals surface area contributed by atoms with Crippen LogP contribution in [0.25, 0.3) is 0 Å². The van der Waals surface area contributed by atoms with Gasteiger partial charge in [-0.1, -0.05) is 30.3 Å². The SMILES string of the molecule is COc1ccc(CCC2CNc3ccccc3C2)cc1. The van der Waals surface area contributed by atoms with E-state index in [-0.39, 0.29) is 0 Å². The second kappa shape index (κ2) is 6.00. The molecule has 0 saturated heterocycles. The molecular formula is C18H21NO. The standard InChI is InChI=1S/C18H21NO/c1-20-17-10-8-14(9-11-17)6-7-15-12-16-4-2-3-5-18(16)19-13-15/h2-5,8-11,15,19H,6-7,12-13H2,1H3. The highest BCUT2D eigenvalue weighted by Crippen LogP contribution is 2.26. The molecular weight excluding hydrogens is 246 g/mol. The third-order valence-corrected chi connectivity index (χ3v) is 4.11. The van der Waals surface area contributed by atoms with Crippen LogP contribution in [0.15, 0.2) is 48.5 Å². The van der Waals surface area contributed by atoms with Gasteiger partial charge in [-0.3, -0.25) is 0 Å². The molecule has 2 aromatic carbocycles. The van der Waals surface area contributed by atoms with Crippen molar-refractivity contribution in [2.45, 2.75) is 19.3 Å². The van der Waals surface area contributed by atoms with E-state index in [0.717, 1.165) is 24.6 Å². The third kappa shape index (κ3) is 2.96. The van der Waals surface area contributed by atoms with Crippen molar-refractivity contribution < 1.29 is 4.74 Å². The molecule has 0 fully saturated rings. The smallest absolute Gasteiger partial charge is 0.118 e. The molecule has 3 rings (SSSR count). The largest absolute Gasteiger partial charge is 0.497 e. The molecule has 0 bridgehead atoms. The van der Waals surface area contributed by atoms with Crippen molar-refractivity contribution in [3.05, 3.63) is 59.7 Å². The fraction of sp³-hybridized carbons (Fsp3) is 0.333. The first-order chi connectivity index (χ1) is 9.85. The van der Waals surface area contributed by atoms with Crippen molar-refractivity contribution in [1.29, 1.82) is 0 Å². The molecule has 2 nitrogen and oxygen atoms in total. The summed E-state index contributed by atoms with van der Waals surface area (Å²) in [6, 6.07) is 17.1. The quantitative estimate of drug-likeness (QED) is 0.906. The molecule has 0 saturated carbocycles. The van der Waals surface area contributed by atoms with Crippen molar-refractivity contribution in [1.82, 2.24) is 0 Å². The summed E-state index contributed by atoms with van der Waals surface area (Å²) in [5.74, 6) is 1.66. The summed E-state index contributed by atoms with van der Waals surface area (Å²) in [6.45, 7) is 1.09. The number of aryl methyl sites for hydroxylation is 1. The zero-order valence-corrected chi connectivity index (χ0v) is 11.9. The van der Waals surface area contributed by atoms with Gasteiger partial charge < -0.3 is 10.1 Å².